The van der Waals surface area contributed by atoms with Gasteiger partial charge in [-0.1, -0.05) is 0 Å². The second kappa shape index (κ2) is 4.17. The third-order valence-electron chi connectivity index (χ3n) is 2.42. The molecule has 1 atom stereocenters. The van der Waals surface area contributed by atoms with E-state index in [2.05, 4.69) is 4.98 Å². The summed E-state index contributed by atoms with van der Waals surface area (Å²) >= 11 is 1.52. The van der Waals surface area contributed by atoms with Crippen molar-refractivity contribution in [1.29, 1.82) is 0 Å². The molecule has 3 nitrogen and oxygen atoms in total. The Morgan fingerprint density at radius 2 is 2.31 bits per heavy atom. The summed E-state index contributed by atoms with van der Waals surface area (Å²) in [5.41, 5.74) is 0. The van der Waals surface area contributed by atoms with Gasteiger partial charge in [0, 0.05) is 24.8 Å². The molecule has 13 heavy (non-hydrogen) atoms. The zero-order valence-corrected chi connectivity index (χ0v) is 8.17. The number of rotatable bonds is 2. The van der Waals surface area contributed by atoms with Gasteiger partial charge in [-0.2, -0.15) is 0 Å². The summed E-state index contributed by atoms with van der Waals surface area (Å²) in [4.78, 5) is 4.12. The normalized spacial score (nSPS) is 21.6. The van der Waals surface area contributed by atoms with Crippen LogP contribution in [0.2, 0.25) is 0 Å². The van der Waals surface area contributed by atoms with Crippen LogP contribution in [0.1, 0.15) is 24.0 Å². The molecule has 0 bridgehead atoms. The van der Waals surface area contributed by atoms with Crippen molar-refractivity contribution in [2.24, 2.45) is 5.92 Å². The molecule has 2 heterocycles. The summed E-state index contributed by atoms with van der Waals surface area (Å²) in [5.74, 6) is 0.333. The van der Waals surface area contributed by atoms with Crippen LogP contribution in [0.15, 0.2) is 11.6 Å². The van der Waals surface area contributed by atoms with Crippen LogP contribution in [0.4, 0.5) is 0 Å². The largest absolute Gasteiger partial charge is 0.386 e. The molecule has 1 aromatic rings. The average Bonchev–Trinajstić information content (AvgIpc) is 2.71. The van der Waals surface area contributed by atoms with Crippen LogP contribution < -0.4 is 0 Å². The number of hydrogen-bond donors (Lipinski definition) is 1. The van der Waals surface area contributed by atoms with Gasteiger partial charge in [-0.15, -0.1) is 11.3 Å². The van der Waals surface area contributed by atoms with E-state index < -0.39 is 0 Å². The molecule has 1 unspecified atom stereocenters. The Morgan fingerprint density at radius 3 is 2.92 bits per heavy atom. The van der Waals surface area contributed by atoms with E-state index in [9.17, 15) is 5.11 Å². The highest BCUT2D eigenvalue weighted by atomic mass is 32.1. The van der Waals surface area contributed by atoms with Gasteiger partial charge >= 0.3 is 0 Å². The van der Waals surface area contributed by atoms with Gasteiger partial charge in [-0.3, -0.25) is 0 Å². The minimum Gasteiger partial charge on any atom is -0.386 e. The van der Waals surface area contributed by atoms with E-state index in [0.717, 1.165) is 31.1 Å². The lowest BCUT2D eigenvalue weighted by Crippen LogP contribution is -2.21. The number of thiazole rings is 1. The molecule has 1 aromatic heterocycles. The van der Waals surface area contributed by atoms with Crippen LogP contribution in [0.5, 0.6) is 0 Å². The van der Waals surface area contributed by atoms with E-state index in [-0.39, 0.29) is 6.10 Å². The van der Waals surface area contributed by atoms with Crippen LogP contribution in [0.25, 0.3) is 0 Å². The summed E-state index contributed by atoms with van der Waals surface area (Å²) in [7, 11) is 0. The third kappa shape index (κ3) is 2.07. The van der Waals surface area contributed by atoms with Gasteiger partial charge < -0.3 is 9.84 Å². The Balaban J connectivity index is 1.99. The standard InChI is InChI=1S/C9H13NO2S/c11-8(9-10-3-6-13-9)7-1-4-12-5-2-7/h3,6-8,11H,1-2,4-5H2. The number of aliphatic hydroxyl groups is 1. The summed E-state index contributed by atoms with van der Waals surface area (Å²) in [5, 5.41) is 12.7. The Bertz CT molecular complexity index is 244. The molecule has 1 aliphatic heterocycles. The summed E-state index contributed by atoms with van der Waals surface area (Å²) in [6.45, 7) is 1.54. The topological polar surface area (TPSA) is 42.4 Å². The molecule has 1 saturated heterocycles. The highest BCUT2D eigenvalue weighted by Gasteiger charge is 2.24. The molecule has 4 heteroatoms. The maximum atomic E-state index is 9.93. The fourth-order valence-corrected chi connectivity index (χ4v) is 2.33. The molecule has 1 fully saturated rings. The van der Waals surface area contributed by atoms with E-state index in [1.807, 2.05) is 5.38 Å². The molecule has 1 aliphatic rings. The number of ether oxygens (including phenoxy) is 1. The molecule has 0 radical (unpaired) electrons. The summed E-state index contributed by atoms with van der Waals surface area (Å²) < 4.78 is 5.24. The van der Waals surface area contributed by atoms with Crippen LogP contribution in [0, 0.1) is 5.92 Å². The molecular formula is C9H13NO2S. The van der Waals surface area contributed by atoms with Crippen LogP contribution in [-0.4, -0.2) is 23.3 Å². The van der Waals surface area contributed by atoms with Crippen molar-refractivity contribution < 1.29 is 9.84 Å². The first-order valence-corrected chi connectivity index (χ1v) is 5.41. The predicted octanol–water partition coefficient (Wildman–Crippen LogP) is 1.60. The van der Waals surface area contributed by atoms with E-state index in [0.29, 0.717) is 5.92 Å². The van der Waals surface area contributed by atoms with Gasteiger partial charge in [-0.05, 0) is 18.8 Å². The first-order valence-electron chi connectivity index (χ1n) is 4.53. The van der Waals surface area contributed by atoms with Crippen LogP contribution in [0.3, 0.4) is 0 Å². The molecular weight excluding hydrogens is 186 g/mol. The average molecular weight is 199 g/mol. The van der Waals surface area contributed by atoms with E-state index in [1.54, 1.807) is 6.20 Å². The predicted molar refractivity (Wildman–Crippen MR) is 50.6 cm³/mol. The lowest BCUT2D eigenvalue weighted by molar-refractivity contribution is 0.00711. The van der Waals surface area contributed by atoms with Crippen molar-refractivity contribution in [3.8, 4) is 0 Å². The number of nitrogens with zero attached hydrogens (tertiary/aromatic N) is 1. The first-order chi connectivity index (χ1) is 6.38. The van der Waals surface area contributed by atoms with E-state index >= 15 is 0 Å². The SMILES string of the molecule is OC(c1nccs1)C1CCOCC1. The van der Waals surface area contributed by atoms with Crippen LogP contribution >= 0.6 is 11.3 Å². The molecule has 0 saturated carbocycles. The third-order valence-corrected chi connectivity index (χ3v) is 3.26. The Labute approximate surface area is 81.4 Å². The Morgan fingerprint density at radius 1 is 1.54 bits per heavy atom. The minimum absolute atomic E-state index is 0.333. The molecule has 0 aliphatic carbocycles. The highest BCUT2D eigenvalue weighted by Crippen LogP contribution is 2.30. The molecule has 1 N–H and O–H groups in total. The first kappa shape index (κ1) is 9.12. The molecule has 72 valence electrons. The molecule has 0 aromatic carbocycles. The zero-order valence-electron chi connectivity index (χ0n) is 7.35. The van der Waals surface area contributed by atoms with Crippen molar-refractivity contribution >= 4 is 11.3 Å². The Kier molecular flexibility index (Phi) is 2.93. The second-order valence-corrected chi connectivity index (χ2v) is 4.19. The van der Waals surface area contributed by atoms with Gasteiger partial charge in [0.05, 0.1) is 0 Å². The van der Waals surface area contributed by atoms with Gasteiger partial charge in [0.1, 0.15) is 11.1 Å². The van der Waals surface area contributed by atoms with Crippen molar-refractivity contribution in [2.45, 2.75) is 18.9 Å². The maximum absolute atomic E-state index is 9.93. The lowest BCUT2D eigenvalue weighted by Gasteiger charge is -2.25. The minimum atomic E-state index is -0.385. The molecule has 2 rings (SSSR count). The number of aliphatic hydroxyl groups excluding tert-OH is 1. The Hall–Kier alpha value is -0.450. The van der Waals surface area contributed by atoms with Crippen LogP contribution in [-0.2, 0) is 4.74 Å². The summed E-state index contributed by atoms with van der Waals surface area (Å²) in [6.07, 6.45) is 3.24. The second-order valence-electron chi connectivity index (χ2n) is 3.26. The lowest BCUT2D eigenvalue weighted by atomic mass is 9.94. The van der Waals surface area contributed by atoms with Gasteiger partial charge in [0.15, 0.2) is 0 Å². The summed E-state index contributed by atoms with van der Waals surface area (Å²) in [6, 6.07) is 0. The van der Waals surface area contributed by atoms with Crippen molar-refractivity contribution in [1.82, 2.24) is 4.98 Å². The monoisotopic (exact) mass is 199 g/mol. The zero-order chi connectivity index (χ0) is 9.10. The number of hydrogen-bond acceptors (Lipinski definition) is 4. The maximum Gasteiger partial charge on any atom is 0.121 e. The van der Waals surface area contributed by atoms with Crippen molar-refractivity contribution in [3.63, 3.8) is 0 Å². The smallest absolute Gasteiger partial charge is 0.121 e. The molecule has 0 spiro atoms. The quantitative estimate of drug-likeness (QED) is 0.786. The van der Waals surface area contributed by atoms with Gasteiger partial charge in [0.2, 0.25) is 0 Å². The highest BCUT2D eigenvalue weighted by molar-refractivity contribution is 7.09. The van der Waals surface area contributed by atoms with Gasteiger partial charge in [0.25, 0.3) is 0 Å². The number of aromatic nitrogens is 1. The fourth-order valence-electron chi connectivity index (χ4n) is 1.61. The fraction of sp³-hybridized carbons (Fsp3) is 0.667. The molecule has 0 amide bonds. The van der Waals surface area contributed by atoms with Crippen molar-refractivity contribution in [3.05, 3.63) is 16.6 Å². The van der Waals surface area contributed by atoms with Crippen molar-refractivity contribution in [2.75, 3.05) is 13.2 Å². The van der Waals surface area contributed by atoms with Gasteiger partial charge in [-0.25, -0.2) is 4.98 Å². The van der Waals surface area contributed by atoms with E-state index in [4.69, 9.17) is 4.74 Å². The van der Waals surface area contributed by atoms with E-state index in [1.165, 1.54) is 11.3 Å².